The molecule has 0 saturated carbocycles. The van der Waals surface area contributed by atoms with E-state index in [1.165, 1.54) is 11.1 Å². The van der Waals surface area contributed by atoms with Gasteiger partial charge in [-0.05, 0) is 90.0 Å². The highest BCUT2D eigenvalue weighted by Crippen LogP contribution is 2.47. The zero-order valence-corrected chi connectivity index (χ0v) is 23.4. The molecule has 0 saturated heterocycles. The molecule has 0 atom stereocenters. The summed E-state index contributed by atoms with van der Waals surface area (Å²) in [6.07, 6.45) is 7.63. The molecule has 0 N–H and O–H groups in total. The Morgan fingerprint density at radius 2 is 0.875 bits per heavy atom. The van der Waals surface area contributed by atoms with Crippen molar-refractivity contribution in [2.75, 3.05) is 9.80 Å². The lowest BCUT2D eigenvalue weighted by molar-refractivity contribution is 0.526. The molecule has 2 nitrogen and oxygen atoms in total. The Bertz CT molecular complexity index is 1520. The van der Waals surface area contributed by atoms with E-state index in [0.29, 0.717) is 16.5 Å². The molecule has 0 radical (unpaired) electrons. The molecule has 0 fully saturated rings. The van der Waals surface area contributed by atoms with Crippen LogP contribution in [0.3, 0.4) is 0 Å². The van der Waals surface area contributed by atoms with Gasteiger partial charge in [0.15, 0.2) is 0 Å². The van der Waals surface area contributed by atoms with Crippen LogP contribution in [0.2, 0.25) is 10.0 Å². The number of benzene rings is 5. The van der Waals surface area contributed by atoms with E-state index in [0.717, 1.165) is 22.7 Å². The van der Waals surface area contributed by atoms with Gasteiger partial charge in [-0.1, -0.05) is 102 Å². The summed E-state index contributed by atoms with van der Waals surface area (Å²) in [4.78, 5) is 4.80. The number of allylic oxidation sites excluding steroid dienone is 2. The van der Waals surface area contributed by atoms with E-state index < -0.39 is 5.66 Å². The Hall–Kier alpha value is -4.24. The zero-order valence-electron chi connectivity index (χ0n) is 21.9. The van der Waals surface area contributed by atoms with Crippen LogP contribution in [0.15, 0.2) is 158 Å². The van der Waals surface area contributed by atoms with Crippen molar-refractivity contribution in [3.05, 3.63) is 173 Å². The third-order valence-corrected chi connectivity index (χ3v) is 7.74. The third kappa shape index (κ3) is 5.16. The molecule has 5 aromatic carbocycles. The minimum absolute atomic E-state index is 0.650. The largest absolute Gasteiger partial charge is 0.314 e. The Labute approximate surface area is 246 Å². The van der Waals surface area contributed by atoms with Crippen molar-refractivity contribution in [3.8, 4) is 0 Å². The molecule has 0 aliphatic heterocycles. The molecular weight excluding hydrogens is 531 g/mol. The third-order valence-electron chi connectivity index (χ3n) is 7.23. The summed E-state index contributed by atoms with van der Waals surface area (Å²) in [5.41, 5.74) is 5.95. The van der Waals surface area contributed by atoms with Crippen molar-refractivity contribution in [1.29, 1.82) is 0 Å². The molecule has 0 spiro atoms. The van der Waals surface area contributed by atoms with Crippen molar-refractivity contribution < 1.29 is 0 Å². The van der Waals surface area contributed by atoms with Crippen LogP contribution in [-0.4, -0.2) is 5.66 Å². The van der Waals surface area contributed by atoms with Crippen LogP contribution in [0.1, 0.15) is 12.0 Å². The lowest BCUT2D eigenvalue weighted by Gasteiger charge is -2.52. The van der Waals surface area contributed by atoms with Crippen molar-refractivity contribution >= 4 is 51.5 Å². The molecule has 40 heavy (non-hydrogen) atoms. The highest BCUT2D eigenvalue weighted by molar-refractivity contribution is 6.31. The first-order valence-electron chi connectivity index (χ1n) is 13.3. The fourth-order valence-corrected chi connectivity index (χ4v) is 5.67. The average Bonchev–Trinajstić information content (AvgIpc) is 3.01. The van der Waals surface area contributed by atoms with Gasteiger partial charge < -0.3 is 9.80 Å². The fraction of sp³-hybridized carbons (Fsp3) is 0.0556. The molecule has 0 unspecified atom stereocenters. The van der Waals surface area contributed by atoms with Gasteiger partial charge in [-0.15, -0.1) is 0 Å². The SMILES string of the molecule is Clc1ccc(N(c2ccccc2)C2(N(c3ccccc3)c3ccc(Cl)cc3)C=CC(c3ccccc3)=CC2)cc1. The number of anilines is 4. The Morgan fingerprint density at radius 1 is 0.475 bits per heavy atom. The molecule has 6 rings (SSSR count). The second-order valence-corrected chi connectivity index (χ2v) is 10.6. The van der Waals surface area contributed by atoms with Gasteiger partial charge in [-0.3, -0.25) is 0 Å². The van der Waals surface area contributed by atoms with Gasteiger partial charge in [-0.2, -0.15) is 0 Å². The molecule has 1 aliphatic carbocycles. The number of hydrogen-bond donors (Lipinski definition) is 0. The topological polar surface area (TPSA) is 6.48 Å². The van der Waals surface area contributed by atoms with Crippen molar-refractivity contribution in [3.63, 3.8) is 0 Å². The number of nitrogens with zero attached hydrogens (tertiary/aromatic N) is 2. The highest BCUT2D eigenvalue weighted by atomic mass is 35.5. The molecule has 0 bridgehead atoms. The Kier molecular flexibility index (Phi) is 7.46. The molecular formula is C36H28Cl2N2. The van der Waals surface area contributed by atoms with Crippen LogP contribution < -0.4 is 9.80 Å². The highest BCUT2D eigenvalue weighted by Gasteiger charge is 2.43. The summed E-state index contributed by atoms with van der Waals surface area (Å²) >= 11 is 12.7. The van der Waals surface area contributed by atoms with E-state index in [-0.39, 0.29) is 0 Å². The maximum absolute atomic E-state index is 6.37. The zero-order chi connectivity index (χ0) is 27.4. The Balaban J connectivity index is 1.62. The number of halogens is 2. The second kappa shape index (κ2) is 11.5. The van der Waals surface area contributed by atoms with E-state index in [1.54, 1.807) is 0 Å². The fourth-order valence-electron chi connectivity index (χ4n) is 5.42. The Morgan fingerprint density at radius 3 is 1.27 bits per heavy atom. The lowest BCUT2D eigenvalue weighted by atomic mass is 9.88. The standard InChI is InChI=1S/C36H28Cl2N2/c37-30-16-20-34(21-17-30)39(32-12-6-2-7-13-32)36(26-24-29(25-27-36)28-10-4-1-5-11-28)40(33-14-8-3-9-15-33)35-22-18-31(38)19-23-35/h1-26H,27H2. The summed E-state index contributed by atoms with van der Waals surface area (Å²) in [7, 11) is 0. The van der Waals surface area contributed by atoms with Gasteiger partial charge in [-0.25, -0.2) is 0 Å². The summed E-state index contributed by atoms with van der Waals surface area (Å²) in [6, 6.07) is 47.8. The first-order valence-corrected chi connectivity index (χ1v) is 14.1. The normalized spacial score (nSPS) is 13.9. The minimum Gasteiger partial charge on any atom is -0.314 e. The van der Waals surface area contributed by atoms with Crippen LogP contribution in [0.25, 0.3) is 5.57 Å². The maximum Gasteiger partial charge on any atom is 0.145 e. The maximum atomic E-state index is 6.37. The molecule has 5 aromatic rings. The summed E-state index contributed by atoms with van der Waals surface area (Å²) in [6.45, 7) is 0. The van der Waals surface area contributed by atoms with Gasteiger partial charge in [0.25, 0.3) is 0 Å². The van der Waals surface area contributed by atoms with Gasteiger partial charge in [0, 0.05) is 39.2 Å². The molecule has 0 amide bonds. The first kappa shape index (κ1) is 26.0. The number of hydrogen-bond acceptors (Lipinski definition) is 2. The summed E-state index contributed by atoms with van der Waals surface area (Å²) in [5.74, 6) is 0. The summed E-state index contributed by atoms with van der Waals surface area (Å²) in [5, 5.41) is 1.41. The van der Waals surface area contributed by atoms with E-state index in [4.69, 9.17) is 23.2 Å². The number of para-hydroxylation sites is 2. The lowest BCUT2D eigenvalue weighted by Crippen LogP contribution is -2.57. The van der Waals surface area contributed by atoms with Crippen molar-refractivity contribution in [2.24, 2.45) is 0 Å². The molecule has 1 aliphatic rings. The van der Waals surface area contributed by atoms with Crippen LogP contribution in [0, 0.1) is 0 Å². The van der Waals surface area contributed by atoms with E-state index in [9.17, 15) is 0 Å². The first-order chi connectivity index (χ1) is 19.6. The monoisotopic (exact) mass is 558 g/mol. The van der Waals surface area contributed by atoms with Gasteiger partial charge >= 0.3 is 0 Å². The van der Waals surface area contributed by atoms with Crippen LogP contribution in [0.5, 0.6) is 0 Å². The smallest absolute Gasteiger partial charge is 0.145 e. The van der Waals surface area contributed by atoms with Gasteiger partial charge in [0.1, 0.15) is 5.66 Å². The van der Waals surface area contributed by atoms with Crippen LogP contribution in [0.4, 0.5) is 22.7 Å². The number of rotatable bonds is 7. The predicted octanol–water partition coefficient (Wildman–Crippen LogP) is 10.7. The molecule has 0 heterocycles. The molecule has 196 valence electrons. The summed E-state index contributed by atoms with van der Waals surface area (Å²) < 4.78 is 0. The van der Waals surface area contributed by atoms with Gasteiger partial charge in [0.05, 0.1) is 0 Å². The van der Waals surface area contributed by atoms with Gasteiger partial charge in [0.2, 0.25) is 0 Å². The van der Waals surface area contributed by atoms with E-state index in [1.807, 2.05) is 24.3 Å². The average molecular weight is 560 g/mol. The van der Waals surface area contributed by atoms with Crippen LogP contribution >= 0.6 is 23.2 Å². The molecule has 0 aromatic heterocycles. The van der Waals surface area contributed by atoms with Crippen LogP contribution in [-0.2, 0) is 0 Å². The second-order valence-electron chi connectivity index (χ2n) is 9.74. The van der Waals surface area contributed by atoms with Crippen molar-refractivity contribution in [1.82, 2.24) is 0 Å². The quantitative estimate of drug-likeness (QED) is 0.183. The minimum atomic E-state index is -0.650. The van der Waals surface area contributed by atoms with E-state index in [2.05, 4.69) is 143 Å². The van der Waals surface area contributed by atoms with Crippen molar-refractivity contribution in [2.45, 2.75) is 12.1 Å². The molecule has 4 heteroatoms. The predicted molar refractivity (Wildman–Crippen MR) is 171 cm³/mol. The van der Waals surface area contributed by atoms with E-state index >= 15 is 0 Å².